The van der Waals surface area contributed by atoms with Gasteiger partial charge in [-0.1, -0.05) is 37.6 Å². The minimum Gasteiger partial charge on any atom is -0.383 e. The van der Waals surface area contributed by atoms with Crippen molar-refractivity contribution in [1.29, 1.82) is 0 Å². The van der Waals surface area contributed by atoms with Crippen LogP contribution < -0.4 is 5.73 Å². The van der Waals surface area contributed by atoms with E-state index in [4.69, 9.17) is 17.3 Å². The van der Waals surface area contributed by atoms with E-state index in [1.54, 1.807) is 12.1 Å². The van der Waals surface area contributed by atoms with Crippen molar-refractivity contribution < 1.29 is 4.39 Å². The van der Waals surface area contributed by atoms with Gasteiger partial charge in [0.2, 0.25) is 0 Å². The summed E-state index contributed by atoms with van der Waals surface area (Å²) in [4.78, 5) is 8.71. The second-order valence-corrected chi connectivity index (χ2v) is 6.47. The standard InChI is InChI=1S/C15H16BrClFN3/c1-8(2)6-11-13(16)15(19)21-12(20-11)7-9-4-3-5-10(17)14(9)18/h3-5,8H,6-7H2,1-2H3,(H2,19,20,21). The maximum absolute atomic E-state index is 13.9. The van der Waals surface area contributed by atoms with E-state index in [2.05, 4.69) is 39.7 Å². The molecule has 2 aromatic rings. The van der Waals surface area contributed by atoms with Gasteiger partial charge in [0.15, 0.2) is 0 Å². The van der Waals surface area contributed by atoms with Gasteiger partial charge in [-0.15, -0.1) is 0 Å². The second kappa shape index (κ2) is 6.71. The molecule has 0 fully saturated rings. The van der Waals surface area contributed by atoms with Crippen LogP contribution in [0.2, 0.25) is 5.02 Å². The first kappa shape index (κ1) is 16.2. The van der Waals surface area contributed by atoms with Crippen molar-refractivity contribution >= 4 is 33.3 Å². The second-order valence-electron chi connectivity index (χ2n) is 5.27. The molecular weight excluding hydrogens is 357 g/mol. The van der Waals surface area contributed by atoms with Crippen LogP contribution in [0.3, 0.4) is 0 Å². The van der Waals surface area contributed by atoms with Gasteiger partial charge >= 0.3 is 0 Å². The summed E-state index contributed by atoms with van der Waals surface area (Å²) in [6, 6.07) is 4.89. The smallest absolute Gasteiger partial charge is 0.145 e. The molecule has 6 heteroatoms. The number of nitrogen functional groups attached to an aromatic ring is 1. The third-order valence-corrected chi connectivity index (χ3v) is 4.13. The minimum absolute atomic E-state index is 0.0972. The zero-order chi connectivity index (χ0) is 15.6. The number of nitrogens with two attached hydrogens (primary N) is 1. The Balaban J connectivity index is 2.36. The predicted molar refractivity (Wildman–Crippen MR) is 86.9 cm³/mol. The lowest BCUT2D eigenvalue weighted by Crippen LogP contribution is -2.09. The molecule has 0 unspecified atom stereocenters. The summed E-state index contributed by atoms with van der Waals surface area (Å²) in [7, 11) is 0. The van der Waals surface area contributed by atoms with Crippen LogP contribution in [0.5, 0.6) is 0 Å². The molecular formula is C15H16BrClFN3. The average Bonchev–Trinajstić information content (AvgIpc) is 2.40. The van der Waals surface area contributed by atoms with Crippen LogP contribution in [0.15, 0.2) is 22.7 Å². The third kappa shape index (κ3) is 3.92. The van der Waals surface area contributed by atoms with Crippen molar-refractivity contribution in [2.75, 3.05) is 5.73 Å². The molecule has 0 amide bonds. The molecule has 1 aromatic heterocycles. The molecule has 0 spiro atoms. The molecule has 0 saturated carbocycles. The SMILES string of the molecule is CC(C)Cc1nc(Cc2cccc(Cl)c2F)nc(N)c1Br. The number of aromatic nitrogens is 2. The lowest BCUT2D eigenvalue weighted by atomic mass is 10.1. The minimum atomic E-state index is -0.435. The molecule has 0 atom stereocenters. The molecule has 1 aromatic carbocycles. The van der Waals surface area contributed by atoms with E-state index in [0.29, 0.717) is 27.6 Å². The van der Waals surface area contributed by atoms with E-state index < -0.39 is 5.82 Å². The highest BCUT2D eigenvalue weighted by atomic mass is 79.9. The number of hydrogen-bond acceptors (Lipinski definition) is 3. The summed E-state index contributed by atoms with van der Waals surface area (Å²) in [5.41, 5.74) is 7.20. The fourth-order valence-electron chi connectivity index (χ4n) is 2.02. The van der Waals surface area contributed by atoms with Gasteiger partial charge in [-0.05, 0) is 39.9 Å². The van der Waals surface area contributed by atoms with Crippen LogP contribution in [0.25, 0.3) is 0 Å². The lowest BCUT2D eigenvalue weighted by molar-refractivity contribution is 0.609. The van der Waals surface area contributed by atoms with Crippen LogP contribution in [0.4, 0.5) is 10.2 Å². The van der Waals surface area contributed by atoms with Gasteiger partial charge in [-0.3, -0.25) is 0 Å². The first-order chi connectivity index (χ1) is 9.88. The Morgan fingerprint density at radius 3 is 2.71 bits per heavy atom. The van der Waals surface area contributed by atoms with Gasteiger partial charge in [0, 0.05) is 6.42 Å². The predicted octanol–water partition coefficient (Wildman–Crippen LogP) is 4.40. The van der Waals surface area contributed by atoms with Gasteiger partial charge < -0.3 is 5.73 Å². The molecule has 1 heterocycles. The zero-order valence-electron chi connectivity index (χ0n) is 11.8. The van der Waals surface area contributed by atoms with Crippen LogP contribution in [0.1, 0.15) is 30.9 Å². The summed E-state index contributed by atoms with van der Waals surface area (Å²) in [6.45, 7) is 4.20. The largest absolute Gasteiger partial charge is 0.383 e. The summed E-state index contributed by atoms with van der Waals surface area (Å²) in [6.07, 6.45) is 1.04. The highest BCUT2D eigenvalue weighted by Gasteiger charge is 2.14. The number of halogens is 3. The van der Waals surface area contributed by atoms with Gasteiger partial charge in [0.25, 0.3) is 0 Å². The van der Waals surface area contributed by atoms with Crippen molar-refractivity contribution in [3.63, 3.8) is 0 Å². The fourth-order valence-corrected chi connectivity index (χ4v) is 2.56. The fraction of sp³-hybridized carbons (Fsp3) is 0.333. The summed E-state index contributed by atoms with van der Waals surface area (Å²) in [5.74, 6) is 0.867. The molecule has 0 aliphatic carbocycles. The Hall–Kier alpha value is -1.20. The Kier molecular flexibility index (Phi) is 5.17. The summed E-state index contributed by atoms with van der Waals surface area (Å²) in [5, 5.41) is 0.0972. The summed E-state index contributed by atoms with van der Waals surface area (Å²) >= 11 is 9.20. The number of rotatable bonds is 4. The van der Waals surface area contributed by atoms with Crippen molar-refractivity contribution in [2.45, 2.75) is 26.7 Å². The van der Waals surface area contributed by atoms with Crippen molar-refractivity contribution in [3.05, 3.63) is 50.6 Å². The quantitative estimate of drug-likeness (QED) is 0.865. The normalized spacial score (nSPS) is 11.1. The van der Waals surface area contributed by atoms with E-state index in [1.807, 2.05) is 0 Å². The highest BCUT2D eigenvalue weighted by molar-refractivity contribution is 9.10. The number of benzene rings is 1. The maximum Gasteiger partial charge on any atom is 0.145 e. The Morgan fingerprint density at radius 1 is 1.33 bits per heavy atom. The van der Waals surface area contributed by atoms with E-state index in [0.717, 1.165) is 12.1 Å². The van der Waals surface area contributed by atoms with Crippen molar-refractivity contribution in [2.24, 2.45) is 5.92 Å². The van der Waals surface area contributed by atoms with Crippen LogP contribution in [-0.2, 0) is 12.8 Å². The van der Waals surface area contributed by atoms with Crippen molar-refractivity contribution in [1.82, 2.24) is 9.97 Å². The van der Waals surface area contributed by atoms with E-state index in [-0.39, 0.29) is 11.4 Å². The van der Waals surface area contributed by atoms with E-state index in [9.17, 15) is 4.39 Å². The topological polar surface area (TPSA) is 51.8 Å². The molecule has 21 heavy (non-hydrogen) atoms. The zero-order valence-corrected chi connectivity index (χ0v) is 14.2. The molecule has 0 saturated heterocycles. The average molecular weight is 373 g/mol. The number of anilines is 1. The Labute approximate surface area is 136 Å². The van der Waals surface area contributed by atoms with Gasteiger partial charge in [0.05, 0.1) is 15.2 Å². The first-order valence-electron chi connectivity index (χ1n) is 6.62. The Bertz CT molecular complexity index is 662. The lowest BCUT2D eigenvalue weighted by Gasteiger charge is -2.11. The maximum atomic E-state index is 13.9. The molecule has 0 radical (unpaired) electrons. The molecule has 0 bridgehead atoms. The Morgan fingerprint density at radius 2 is 2.05 bits per heavy atom. The van der Waals surface area contributed by atoms with Crippen molar-refractivity contribution in [3.8, 4) is 0 Å². The van der Waals surface area contributed by atoms with Gasteiger partial charge in [-0.25, -0.2) is 14.4 Å². The molecule has 0 aliphatic rings. The monoisotopic (exact) mass is 371 g/mol. The van der Waals surface area contributed by atoms with Crippen LogP contribution in [0, 0.1) is 11.7 Å². The molecule has 112 valence electrons. The molecule has 3 nitrogen and oxygen atoms in total. The first-order valence-corrected chi connectivity index (χ1v) is 7.79. The van der Waals surface area contributed by atoms with Crippen LogP contribution >= 0.6 is 27.5 Å². The van der Waals surface area contributed by atoms with Gasteiger partial charge in [-0.2, -0.15) is 0 Å². The summed E-state index contributed by atoms with van der Waals surface area (Å²) < 4.78 is 14.7. The molecule has 0 aliphatic heterocycles. The van der Waals surface area contributed by atoms with E-state index >= 15 is 0 Å². The van der Waals surface area contributed by atoms with Crippen LogP contribution in [-0.4, -0.2) is 9.97 Å². The molecule has 2 N–H and O–H groups in total. The highest BCUT2D eigenvalue weighted by Crippen LogP contribution is 2.25. The molecule has 2 rings (SSSR count). The van der Waals surface area contributed by atoms with E-state index in [1.165, 1.54) is 6.07 Å². The number of nitrogens with zero attached hydrogens (tertiary/aromatic N) is 2. The van der Waals surface area contributed by atoms with Gasteiger partial charge in [0.1, 0.15) is 17.5 Å². The third-order valence-electron chi connectivity index (χ3n) is 2.97. The number of hydrogen-bond donors (Lipinski definition) is 1.